The van der Waals surface area contributed by atoms with Crippen molar-refractivity contribution in [2.24, 2.45) is 0 Å². The van der Waals surface area contributed by atoms with E-state index >= 15 is 0 Å². The highest BCUT2D eigenvalue weighted by atomic mass is 15.1. The number of nitrogens with one attached hydrogen (secondary N) is 1. The fourth-order valence-corrected chi connectivity index (χ4v) is 5.46. The van der Waals surface area contributed by atoms with Gasteiger partial charge < -0.3 is 10.3 Å². The van der Waals surface area contributed by atoms with Crippen molar-refractivity contribution in [3.05, 3.63) is 187 Å². The summed E-state index contributed by atoms with van der Waals surface area (Å²) in [6, 6.07) is 56.9. The molecule has 0 fully saturated rings. The smallest absolute Gasteiger partial charge is 0.0633 e. The molecule has 6 aromatic carbocycles. The summed E-state index contributed by atoms with van der Waals surface area (Å²) >= 11 is 0. The molecule has 0 radical (unpaired) electrons. The third-order valence-electron chi connectivity index (χ3n) is 7.69. The van der Waals surface area contributed by atoms with Crippen molar-refractivity contribution in [2.45, 2.75) is 6.54 Å². The first kappa shape index (κ1) is 27.7. The van der Waals surface area contributed by atoms with Crippen molar-refractivity contribution in [3.63, 3.8) is 0 Å². The predicted octanol–water partition coefficient (Wildman–Crippen LogP) is 10.2. The van der Waals surface area contributed by atoms with E-state index in [1.807, 2.05) is 48.5 Å². The van der Waals surface area contributed by atoms with Gasteiger partial charge in [-0.3, -0.25) is 0 Å². The van der Waals surface area contributed by atoms with Gasteiger partial charge in [0, 0.05) is 24.9 Å². The molecular weight excluding hydrogens is 520 g/mol. The molecule has 2 heteroatoms. The van der Waals surface area contributed by atoms with Gasteiger partial charge in [0.05, 0.1) is 5.71 Å². The molecule has 6 rings (SSSR count). The SMILES string of the molecule is CN(Cc1cccc(-c2ccccc2)c1)/C(=C\C(=N)c1cccc(-c2ccccc2)c1)c1cccc(-c2ccccc2)c1. The molecule has 0 saturated heterocycles. The minimum Gasteiger partial charge on any atom is -0.370 e. The summed E-state index contributed by atoms with van der Waals surface area (Å²) in [7, 11) is 2.11. The van der Waals surface area contributed by atoms with Crippen molar-refractivity contribution in [3.8, 4) is 33.4 Å². The molecule has 43 heavy (non-hydrogen) atoms. The standard InChI is InChI=1S/C41H34N2/c1-43(30-31-14-11-21-35(26-31)32-15-5-2-6-16-32)41(39-25-13-23-37(28-39)34-19-9-4-10-20-34)29-40(42)38-24-12-22-36(27-38)33-17-7-3-8-18-33/h2-29,42H,30H2,1H3/b41-29-,42-40?. The topological polar surface area (TPSA) is 27.1 Å². The van der Waals surface area contributed by atoms with Gasteiger partial charge >= 0.3 is 0 Å². The lowest BCUT2D eigenvalue weighted by Gasteiger charge is -2.24. The Kier molecular flexibility index (Phi) is 8.38. The lowest BCUT2D eigenvalue weighted by Crippen LogP contribution is -2.18. The molecule has 2 nitrogen and oxygen atoms in total. The van der Waals surface area contributed by atoms with Crippen LogP contribution in [0.25, 0.3) is 39.1 Å². The van der Waals surface area contributed by atoms with E-state index in [-0.39, 0.29) is 0 Å². The normalized spacial score (nSPS) is 11.2. The van der Waals surface area contributed by atoms with Crippen molar-refractivity contribution in [1.82, 2.24) is 4.90 Å². The molecule has 0 atom stereocenters. The average molecular weight is 555 g/mol. The number of rotatable bonds is 9. The molecule has 0 aliphatic heterocycles. The Balaban J connectivity index is 1.37. The van der Waals surface area contributed by atoms with E-state index in [1.54, 1.807) is 0 Å². The zero-order valence-corrected chi connectivity index (χ0v) is 24.3. The van der Waals surface area contributed by atoms with Crippen LogP contribution in [0.5, 0.6) is 0 Å². The maximum Gasteiger partial charge on any atom is 0.0633 e. The summed E-state index contributed by atoms with van der Waals surface area (Å²) in [6.45, 7) is 0.708. The zero-order chi connectivity index (χ0) is 29.4. The molecule has 0 unspecified atom stereocenters. The first-order valence-corrected chi connectivity index (χ1v) is 14.6. The fourth-order valence-electron chi connectivity index (χ4n) is 5.46. The van der Waals surface area contributed by atoms with E-state index < -0.39 is 0 Å². The van der Waals surface area contributed by atoms with Crippen LogP contribution in [0.1, 0.15) is 16.7 Å². The molecule has 0 saturated carbocycles. The van der Waals surface area contributed by atoms with Gasteiger partial charge in [-0.2, -0.15) is 0 Å². The van der Waals surface area contributed by atoms with Crippen LogP contribution in [0.15, 0.2) is 170 Å². The third kappa shape index (κ3) is 6.72. The second-order valence-corrected chi connectivity index (χ2v) is 10.8. The van der Waals surface area contributed by atoms with Crippen LogP contribution in [0.3, 0.4) is 0 Å². The maximum atomic E-state index is 9.20. The minimum absolute atomic E-state index is 0.475. The number of hydrogen-bond donors (Lipinski definition) is 1. The fraction of sp³-hybridized carbons (Fsp3) is 0.0488. The van der Waals surface area contributed by atoms with Crippen LogP contribution in [-0.2, 0) is 6.54 Å². The molecule has 208 valence electrons. The van der Waals surface area contributed by atoms with Gasteiger partial charge in [-0.25, -0.2) is 0 Å². The Morgan fingerprint density at radius 3 is 1.44 bits per heavy atom. The summed E-state index contributed by atoms with van der Waals surface area (Å²) < 4.78 is 0. The molecule has 0 amide bonds. The number of hydrogen-bond acceptors (Lipinski definition) is 2. The Bertz CT molecular complexity index is 1860. The summed E-state index contributed by atoms with van der Waals surface area (Å²) in [5, 5.41) is 9.20. The molecule has 0 spiro atoms. The summed E-state index contributed by atoms with van der Waals surface area (Å²) in [6.07, 6.45) is 2.01. The molecule has 0 aliphatic rings. The predicted molar refractivity (Wildman–Crippen MR) is 182 cm³/mol. The number of benzene rings is 6. The molecule has 0 heterocycles. The van der Waals surface area contributed by atoms with Crippen LogP contribution in [0.2, 0.25) is 0 Å². The Morgan fingerprint density at radius 1 is 0.488 bits per heavy atom. The first-order chi connectivity index (χ1) is 21.1. The van der Waals surface area contributed by atoms with Gasteiger partial charge in [0.15, 0.2) is 0 Å². The van der Waals surface area contributed by atoms with Crippen LogP contribution in [0, 0.1) is 5.41 Å². The highest BCUT2D eigenvalue weighted by Gasteiger charge is 2.13. The van der Waals surface area contributed by atoms with Crippen molar-refractivity contribution >= 4 is 11.4 Å². The summed E-state index contributed by atoms with van der Waals surface area (Å²) in [5.41, 5.74) is 11.6. The molecule has 0 aromatic heterocycles. The monoisotopic (exact) mass is 554 g/mol. The summed E-state index contributed by atoms with van der Waals surface area (Å²) in [4.78, 5) is 2.25. The van der Waals surface area contributed by atoms with E-state index in [0.717, 1.165) is 33.5 Å². The van der Waals surface area contributed by atoms with Crippen LogP contribution in [-0.4, -0.2) is 17.7 Å². The number of nitrogens with zero attached hydrogens (tertiary/aromatic N) is 1. The molecule has 0 aliphatic carbocycles. The van der Waals surface area contributed by atoms with Crippen molar-refractivity contribution < 1.29 is 0 Å². The van der Waals surface area contributed by atoms with E-state index in [1.165, 1.54) is 22.3 Å². The van der Waals surface area contributed by atoms with Gasteiger partial charge in [0.2, 0.25) is 0 Å². The van der Waals surface area contributed by atoms with Crippen molar-refractivity contribution in [1.29, 1.82) is 5.41 Å². The van der Waals surface area contributed by atoms with Gasteiger partial charge in [0.1, 0.15) is 0 Å². The molecule has 1 N–H and O–H groups in total. The average Bonchev–Trinajstić information content (AvgIpc) is 3.08. The second kappa shape index (κ2) is 13.0. The van der Waals surface area contributed by atoms with E-state index in [0.29, 0.717) is 12.3 Å². The minimum atomic E-state index is 0.475. The van der Waals surface area contributed by atoms with Crippen LogP contribution >= 0.6 is 0 Å². The summed E-state index contributed by atoms with van der Waals surface area (Å²) in [5.74, 6) is 0. The highest BCUT2D eigenvalue weighted by molar-refractivity contribution is 6.10. The maximum absolute atomic E-state index is 9.20. The van der Waals surface area contributed by atoms with Crippen molar-refractivity contribution in [2.75, 3.05) is 7.05 Å². The Morgan fingerprint density at radius 2 is 0.907 bits per heavy atom. The highest BCUT2D eigenvalue weighted by Crippen LogP contribution is 2.28. The lowest BCUT2D eigenvalue weighted by molar-refractivity contribution is 0.475. The largest absolute Gasteiger partial charge is 0.370 e. The first-order valence-electron chi connectivity index (χ1n) is 14.6. The van der Waals surface area contributed by atoms with Crippen LogP contribution < -0.4 is 0 Å². The molecule has 0 bridgehead atoms. The second-order valence-electron chi connectivity index (χ2n) is 10.8. The van der Waals surface area contributed by atoms with E-state index in [9.17, 15) is 5.41 Å². The lowest BCUT2D eigenvalue weighted by atomic mass is 9.98. The van der Waals surface area contributed by atoms with Gasteiger partial charge in [-0.05, 0) is 68.8 Å². The Hall–Kier alpha value is -5.47. The third-order valence-corrected chi connectivity index (χ3v) is 7.69. The number of allylic oxidation sites excluding steroid dienone is 1. The molecular formula is C41H34N2. The molecule has 6 aromatic rings. The van der Waals surface area contributed by atoms with E-state index in [4.69, 9.17) is 0 Å². The van der Waals surface area contributed by atoms with E-state index in [2.05, 4.69) is 133 Å². The quantitative estimate of drug-likeness (QED) is 0.177. The van der Waals surface area contributed by atoms with Gasteiger partial charge in [-0.15, -0.1) is 0 Å². The van der Waals surface area contributed by atoms with Gasteiger partial charge in [0.25, 0.3) is 0 Å². The van der Waals surface area contributed by atoms with Gasteiger partial charge in [-0.1, -0.05) is 146 Å². The Labute approximate surface area is 254 Å². The zero-order valence-electron chi connectivity index (χ0n) is 24.3. The van der Waals surface area contributed by atoms with Crippen LogP contribution in [0.4, 0.5) is 0 Å².